The number of ketones is 1. The van der Waals surface area contributed by atoms with Gasteiger partial charge in [0.1, 0.15) is 18.0 Å². The normalized spacial score (nSPS) is 29.8. The molecule has 0 radical (unpaired) electrons. The number of hydrogen-bond acceptors (Lipinski definition) is 5. The van der Waals surface area contributed by atoms with Crippen LogP contribution in [0.2, 0.25) is 0 Å². The van der Waals surface area contributed by atoms with Gasteiger partial charge in [-0.15, -0.1) is 0 Å². The van der Waals surface area contributed by atoms with Crippen LogP contribution in [0, 0.1) is 51.4 Å². The van der Waals surface area contributed by atoms with E-state index in [1.165, 1.54) is 0 Å². The highest BCUT2D eigenvalue weighted by atomic mass is 16.6. The highest BCUT2D eigenvalue weighted by Gasteiger charge is 2.64. The van der Waals surface area contributed by atoms with E-state index in [0.717, 1.165) is 35.1 Å². The first kappa shape index (κ1) is 21.9. The molecule has 172 valence electrons. The molecule has 2 bridgehead atoms. The van der Waals surface area contributed by atoms with Gasteiger partial charge in [0.15, 0.2) is 0 Å². The molecule has 0 amide bonds. The Labute approximate surface area is 194 Å². The van der Waals surface area contributed by atoms with Crippen LogP contribution in [0.3, 0.4) is 0 Å². The molecule has 3 saturated carbocycles. The summed E-state index contributed by atoms with van der Waals surface area (Å²) < 4.78 is 12.1. The second kappa shape index (κ2) is 8.12. The van der Waals surface area contributed by atoms with Gasteiger partial charge in [-0.2, -0.15) is 0 Å². The molecule has 3 aliphatic rings. The average Bonchev–Trinajstić information content (AvgIpc) is 3.39. The van der Waals surface area contributed by atoms with Crippen molar-refractivity contribution in [3.63, 3.8) is 0 Å². The molecule has 5 rings (SSSR count). The first-order valence-corrected chi connectivity index (χ1v) is 11.8. The first-order chi connectivity index (χ1) is 15.7. The van der Waals surface area contributed by atoms with Gasteiger partial charge in [0.2, 0.25) is 0 Å². The largest absolute Gasteiger partial charge is 0.455 e. The molecule has 2 aromatic rings. The Morgan fingerprint density at radius 3 is 1.64 bits per heavy atom. The van der Waals surface area contributed by atoms with Crippen LogP contribution in [-0.2, 0) is 14.3 Å². The van der Waals surface area contributed by atoms with Gasteiger partial charge in [0.05, 0.1) is 11.1 Å². The van der Waals surface area contributed by atoms with Crippen LogP contribution in [0.15, 0.2) is 36.4 Å². The Morgan fingerprint density at radius 2 is 1.15 bits per heavy atom. The number of rotatable bonds is 4. The number of aryl methyl sites for hydroxylation is 4. The summed E-state index contributed by atoms with van der Waals surface area (Å²) in [4.78, 5) is 38.8. The van der Waals surface area contributed by atoms with Crippen LogP contribution >= 0.6 is 0 Å². The van der Waals surface area contributed by atoms with Crippen molar-refractivity contribution in [1.29, 1.82) is 0 Å². The van der Waals surface area contributed by atoms with Crippen LogP contribution in [0.5, 0.6) is 0 Å². The van der Waals surface area contributed by atoms with E-state index in [0.29, 0.717) is 17.5 Å². The van der Waals surface area contributed by atoms with Crippen LogP contribution in [0.25, 0.3) is 0 Å². The van der Waals surface area contributed by atoms with Gasteiger partial charge in [-0.05, 0) is 70.7 Å². The van der Waals surface area contributed by atoms with Crippen molar-refractivity contribution in [2.45, 2.75) is 59.2 Å². The fraction of sp³-hybridized carbons (Fsp3) is 0.464. The van der Waals surface area contributed by atoms with Crippen LogP contribution in [0.4, 0.5) is 0 Å². The van der Waals surface area contributed by atoms with Crippen molar-refractivity contribution in [2.24, 2.45) is 23.7 Å². The molecule has 0 spiro atoms. The number of Topliss-reactive ketones (excluding diaryl/α,β-unsaturated/α-hetero) is 1. The molecule has 6 unspecified atom stereocenters. The highest BCUT2D eigenvalue weighted by molar-refractivity contribution is 5.91. The predicted molar refractivity (Wildman–Crippen MR) is 123 cm³/mol. The van der Waals surface area contributed by atoms with Gasteiger partial charge in [-0.3, -0.25) is 4.79 Å². The predicted octanol–water partition coefficient (Wildman–Crippen LogP) is 4.92. The number of benzene rings is 2. The molecular weight excluding hydrogens is 416 g/mol. The van der Waals surface area contributed by atoms with Crippen molar-refractivity contribution < 1.29 is 23.9 Å². The Bertz CT molecular complexity index is 1110. The van der Waals surface area contributed by atoms with E-state index >= 15 is 0 Å². The number of esters is 2. The zero-order valence-electron chi connectivity index (χ0n) is 19.6. The number of carbonyl (C=O) groups is 3. The van der Waals surface area contributed by atoms with Crippen molar-refractivity contribution in [2.75, 3.05) is 0 Å². The van der Waals surface area contributed by atoms with Gasteiger partial charge in [-0.1, -0.05) is 34.4 Å². The molecule has 0 saturated heterocycles. The van der Waals surface area contributed by atoms with Crippen LogP contribution < -0.4 is 0 Å². The molecule has 5 nitrogen and oxygen atoms in total. The molecule has 3 fully saturated rings. The van der Waals surface area contributed by atoms with E-state index in [9.17, 15) is 14.4 Å². The topological polar surface area (TPSA) is 69.7 Å². The molecule has 0 aliphatic heterocycles. The first-order valence-electron chi connectivity index (χ1n) is 11.8. The Hall–Kier alpha value is -2.95. The van der Waals surface area contributed by atoms with Gasteiger partial charge in [-0.25, -0.2) is 9.59 Å². The lowest BCUT2D eigenvalue weighted by atomic mass is 9.78. The van der Waals surface area contributed by atoms with E-state index < -0.39 is 24.1 Å². The Morgan fingerprint density at radius 1 is 0.697 bits per heavy atom. The van der Waals surface area contributed by atoms with Gasteiger partial charge >= 0.3 is 11.9 Å². The third kappa shape index (κ3) is 3.88. The van der Waals surface area contributed by atoms with Gasteiger partial charge in [0.25, 0.3) is 0 Å². The lowest BCUT2D eigenvalue weighted by Gasteiger charge is -2.36. The summed E-state index contributed by atoms with van der Waals surface area (Å²) in [6.07, 6.45) is 1.04. The Balaban J connectivity index is 1.42. The number of hydrogen-bond donors (Lipinski definition) is 0. The minimum atomic E-state index is -0.596. The standard InChI is InChI=1S/C28H30O5/c1-14-7-15(2)10-18(9-14)27(30)32-25-21-13-22(24-20(21)5-6-23(24)29)26(25)33-28(31)19-11-16(3)8-17(4)12-19/h7-12,20-22,24-26H,5-6,13H2,1-4H3. The average molecular weight is 447 g/mol. The monoisotopic (exact) mass is 446 g/mol. The summed E-state index contributed by atoms with van der Waals surface area (Å²) in [6.45, 7) is 7.78. The van der Waals surface area contributed by atoms with E-state index in [1.54, 1.807) is 0 Å². The highest BCUT2D eigenvalue weighted by Crippen LogP contribution is 2.59. The summed E-state index contributed by atoms with van der Waals surface area (Å²) >= 11 is 0. The van der Waals surface area contributed by atoms with E-state index in [2.05, 4.69) is 0 Å². The van der Waals surface area contributed by atoms with Crippen LogP contribution in [-0.4, -0.2) is 29.9 Å². The molecule has 6 atom stereocenters. The number of carbonyl (C=O) groups excluding carboxylic acids is 3. The lowest BCUT2D eigenvalue weighted by Crippen LogP contribution is -2.46. The quantitative estimate of drug-likeness (QED) is 0.624. The maximum Gasteiger partial charge on any atom is 0.338 e. The zero-order chi connectivity index (χ0) is 23.4. The molecule has 2 aromatic carbocycles. The summed E-state index contributed by atoms with van der Waals surface area (Å²) in [7, 11) is 0. The maximum absolute atomic E-state index is 13.1. The van der Waals surface area contributed by atoms with Gasteiger partial charge in [0, 0.05) is 24.2 Å². The van der Waals surface area contributed by atoms with Crippen molar-refractivity contribution in [3.8, 4) is 0 Å². The second-order valence-electron chi connectivity index (χ2n) is 10.3. The third-order valence-electron chi connectivity index (χ3n) is 7.68. The molecule has 3 aliphatic carbocycles. The van der Waals surface area contributed by atoms with Crippen molar-refractivity contribution >= 4 is 17.7 Å². The lowest BCUT2D eigenvalue weighted by molar-refractivity contribution is -0.127. The smallest absolute Gasteiger partial charge is 0.338 e. The fourth-order valence-electron chi connectivity index (χ4n) is 6.65. The zero-order valence-corrected chi connectivity index (χ0v) is 19.6. The number of fused-ring (bicyclic) bond motifs is 5. The van der Waals surface area contributed by atoms with Crippen molar-refractivity contribution in [3.05, 3.63) is 69.8 Å². The molecule has 33 heavy (non-hydrogen) atoms. The summed E-state index contributed by atoms with van der Waals surface area (Å²) in [5.41, 5.74) is 4.96. The Kier molecular flexibility index (Phi) is 5.38. The van der Waals surface area contributed by atoms with Crippen LogP contribution in [0.1, 0.15) is 62.2 Å². The van der Waals surface area contributed by atoms with Gasteiger partial charge < -0.3 is 9.47 Å². The van der Waals surface area contributed by atoms with E-state index in [1.807, 2.05) is 64.1 Å². The maximum atomic E-state index is 13.1. The minimum Gasteiger partial charge on any atom is -0.455 e. The SMILES string of the molecule is Cc1cc(C)cc(C(=O)OC2C3CC(C2OC(=O)c2cc(C)cc(C)c2)C2C(=O)CCC32)c1. The number of ether oxygens (including phenoxy) is 2. The fourth-order valence-corrected chi connectivity index (χ4v) is 6.65. The molecule has 5 heteroatoms. The molecule has 0 aromatic heterocycles. The molecule has 0 heterocycles. The minimum absolute atomic E-state index is 0.0540. The van der Waals surface area contributed by atoms with E-state index in [4.69, 9.17) is 9.47 Å². The second-order valence-corrected chi connectivity index (χ2v) is 10.3. The summed E-state index contributed by atoms with van der Waals surface area (Å²) in [5.74, 6) is -0.445. The van der Waals surface area contributed by atoms with E-state index in [-0.39, 0.29) is 29.5 Å². The summed E-state index contributed by atoms with van der Waals surface area (Å²) in [6, 6.07) is 11.3. The summed E-state index contributed by atoms with van der Waals surface area (Å²) in [5, 5.41) is 0. The molecule has 0 N–H and O–H groups in total. The van der Waals surface area contributed by atoms with Crippen molar-refractivity contribution in [1.82, 2.24) is 0 Å². The third-order valence-corrected chi connectivity index (χ3v) is 7.68. The molecular formula is C28H30O5.